The summed E-state index contributed by atoms with van der Waals surface area (Å²) < 4.78 is 0. The summed E-state index contributed by atoms with van der Waals surface area (Å²) >= 11 is 1.90. The van der Waals surface area contributed by atoms with E-state index in [1.807, 2.05) is 16.7 Å². The number of benzene rings is 1. The SMILES string of the molecule is O=C(N[C@H]1CCCc2ccccc21)[C@H]1N2C(=O)CCCS[C@H]2CC12CCCC2. The number of rotatable bonds is 2. The third-order valence-electron chi connectivity index (χ3n) is 7.42. The lowest BCUT2D eigenvalue weighted by atomic mass is 9.77. The zero-order chi connectivity index (χ0) is 19.1. The van der Waals surface area contributed by atoms with Crippen molar-refractivity contribution in [1.29, 1.82) is 0 Å². The Balaban J connectivity index is 1.44. The zero-order valence-corrected chi connectivity index (χ0v) is 17.3. The van der Waals surface area contributed by atoms with E-state index in [1.165, 1.54) is 24.0 Å². The molecule has 0 radical (unpaired) electrons. The van der Waals surface area contributed by atoms with Crippen LogP contribution in [-0.4, -0.2) is 33.9 Å². The Morgan fingerprint density at radius 1 is 1.11 bits per heavy atom. The average Bonchev–Trinajstić information content (AvgIpc) is 3.25. The van der Waals surface area contributed by atoms with E-state index in [4.69, 9.17) is 0 Å². The van der Waals surface area contributed by atoms with Gasteiger partial charge in [-0.3, -0.25) is 9.59 Å². The highest BCUT2D eigenvalue weighted by Crippen LogP contribution is 2.55. The monoisotopic (exact) mass is 398 g/mol. The molecule has 2 aliphatic heterocycles. The van der Waals surface area contributed by atoms with Crippen molar-refractivity contribution in [2.75, 3.05) is 5.75 Å². The van der Waals surface area contributed by atoms with Gasteiger partial charge in [0.2, 0.25) is 11.8 Å². The average molecular weight is 399 g/mol. The number of nitrogens with one attached hydrogen (secondary N) is 1. The van der Waals surface area contributed by atoms with Gasteiger partial charge >= 0.3 is 0 Å². The Bertz CT molecular complexity index is 774. The highest BCUT2D eigenvalue weighted by molar-refractivity contribution is 7.99. The fraction of sp³-hybridized carbons (Fsp3) is 0.652. The van der Waals surface area contributed by atoms with Crippen molar-refractivity contribution in [3.63, 3.8) is 0 Å². The van der Waals surface area contributed by atoms with Gasteiger partial charge in [-0.25, -0.2) is 0 Å². The Labute approximate surface area is 171 Å². The fourth-order valence-electron chi connectivity index (χ4n) is 6.15. The van der Waals surface area contributed by atoms with Crippen molar-refractivity contribution in [3.8, 4) is 0 Å². The molecule has 1 N–H and O–H groups in total. The molecule has 0 unspecified atom stereocenters. The van der Waals surface area contributed by atoms with Gasteiger partial charge in [0.1, 0.15) is 6.04 Å². The van der Waals surface area contributed by atoms with Crippen LogP contribution in [0.1, 0.15) is 75.0 Å². The van der Waals surface area contributed by atoms with E-state index in [1.54, 1.807) is 0 Å². The summed E-state index contributed by atoms with van der Waals surface area (Å²) in [5.41, 5.74) is 2.64. The number of hydrogen-bond donors (Lipinski definition) is 1. The molecule has 4 aliphatic rings. The lowest BCUT2D eigenvalue weighted by Gasteiger charge is -2.36. The van der Waals surface area contributed by atoms with Gasteiger partial charge in [-0.15, -0.1) is 11.8 Å². The minimum atomic E-state index is -0.271. The van der Waals surface area contributed by atoms with Crippen molar-refractivity contribution >= 4 is 23.6 Å². The Morgan fingerprint density at radius 3 is 2.79 bits per heavy atom. The molecule has 1 spiro atoms. The molecule has 2 aliphatic carbocycles. The first-order valence-electron chi connectivity index (χ1n) is 11.0. The minimum Gasteiger partial charge on any atom is -0.347 e. The first-order valence-corrected chi connectivity index (χ1v) is 12.0. The summed E-state index contributed by atoms with van der Waals surface area (Å²) in [6, 6.07) is 8.33. The van der Waals surface area contributed by atoms with Crippen LogP contribution in [0, 0.1) is 5.41 Å². The molecule has 3 atom stereocenters. The fourth-order valence-corrected chi connectivity index (χ4v) is 7.58. The number of carbonyl (C=O) groups is 2. The van der Waals surface area contributed by atoms with Crippen LogP contribution in [0.2, 0.25) is 0 Å². The van der Waals surface area contributed by atoms with Crippen molar-refractivity contribution in [3.05, 3.63) is 35.4 Å². The molecule has 1 saturated carbocycles. The number of aryl methyl sites for hydroxylation is 1. The van der Waals surface area contributed by atoms with Crippen molar-refractivity contribution in [2.45, 2.75) is 81.7 Å². The molecule has 2 saturated heterocycles. The highest BCUT2D eigenvalue weighted by Gasteiger charge is 2.58. The van der Waals surface area contributed by atoms with Crippen molar-refractivity contribution in [1.82, 2.24) is 10.2 Å². The van der Waals surface area contributed by atoms with Gasteiger partial charge in [-0.2, -0.15) is 0 Å². The van der Waals surface area contributed by atoms with Crippen LogP contribution in [-0.2, 0) is 16.0 Å². The molecule has 1 aromatic rings. The van der Waals surface area contributed by atoms with Crippen molar-refractivity contribution < 1.29 is 9.59 Å². The van der Waals surface area contributed by atoms with E-state index in [9.17, 15) is 9.59 Å². The molecule has 4 nitrogen and oxygen atoms in total. The molecule has 5 heteroatoms. The van der Waals surface area contributed by atoms with Gasteiger partial charge in [0.15, 0.2) is 0 Å². The second kappa shape index (κ2) is 7.40. The van der Waals surface area contributed by atoms with E-state index in [0.29, 0.717) is 6.42 Å². The molecule has 0 bridgehead atoms. The van der Waals surface area contributed by atoms with Crippen molar-refractivity contribution in [2.24, 2.45) is 5.41 Å². The lowest BCUT2D eigenvalue weighted by molar-refractivity contribution is -0.141. The summed E-state index contributed by atoms with van der Waals surface area (Å²) in [5.74, 6) is 1.33. The third-order valence-corrected chi connectivity index (χ3v) is 8.72. The molecule has 2 amide bonds. The number of amides is 2. The Morgan fingerprint density at radius 2 is 1.93 bits per heavy atom. The molecular formula is C23H30N2O2S. The van der Waals surface area contributed by atoms with E-state index in [-0.39, 0.29) is 34.7 Å². The predicted octanol–water partition coefficient (Wildman–Crippen LogP) is 4.19. The summed E-state index contributed by atoms with van der Waals surface area (Å²) in [6.07, 6.45) is 10.3. The quantitative estimate of drug-likeness (QED) is 0.812. The van der Waals surface area contributed by atoms with Gasteiger partial charge in [0.05, 0.1) is 11.4 Å². The number of thioether (sulfide) groups is 1. The topological polar surface area (TPSA) is 49.4 Å². The molecule has 5 rings (SSSR count). The van der Waals surface area contributed by atoms with E-state index in [0.717, 1.165) is 50.7 Å². The van der Waals surface area contributed by atoms with Gasteiger partial charge in [-0.05, 0) is 61.8 Å². The lowest BCUT2D eigenvalue weighted by Crippen LogP contribution is -2.53. The molecule has 28 heavy (non-hydrogen) atoms. The number of nitrogens with zero attached hydrogens (tertiary/aromatic N) is 1. The smallest absolute Gasteiger partial charge is 0.243 e. The number of fused-ring (bicyclic) bond motifs is 2. The Kier molecular flexibility index (Phi) is 4.90. The molecule has 1 aromatic carbocycles. The predicted molar refractivity (Wildman–Crippen MR) is 112 cm³/mol. The van der Waals surface area contributed by atoms with Crippen LogP contribution in [0.3, 0.4) is 0 Å². The molecule has 0 aromatic heterocycles. The van der Waals surface area contributed by atoms with Crippen LogP contribution < -0.4 is 5.32 Å². The van der Waals surface area contributed by atoms with Crippen LogP contribution >= 0.6 is 11.8 Å². The maximum atomic E-state index is 13.7. The second-order valence-electron chi connectivity index (χ2n) is 9.06. The highest BCUT2D eigenvalue weighted by atomic mass is 32.2. The normalized spacial score (nSPS) is 31.4. The zero-order valence-electron chi connectivity index (χ0n) is 16.5. The minimum absolute atomic E-state index is 0.00291. The van der Waals surface area contributed by atoms with Gasteiger partial charge < -0.3 is 10.2 Å². The summed E-state index contributed by atoms with van der Waals surface area (Å²) in [7, 11) is 0. The maximum Gasteiger partial charge on any atom is 0.243 e. The molecule has 3 fully saturated rings. The van der Waals surface area contributed by atoms with Crippen LogP contribution in [0.5, 0.6) is 0 Å². The first kappa shape index (κ1) is 18.5. The van der Waals surface area contributed by atoms with Crippen LogP contribution in [0.4, 0.5) is 0 Å². The second-order valence-corrected chi connectivity index (χ2v) is 10.3. The summed E-state index contributed by atoms with van der Waals surface area (Å²) in [6.45, 7) is 0. The van der Waals surface area contributed by atoms with Gasteiger partial charge in [-0.1, -0.05) is 37.1 Å². The standard InChI is InChI=1S/C23H30N2O2S/c26-19-11-6-14-28-20-15-23(12-3-4-13-23)21(25(19)20)22(27)24-18-10-5-8-16-7-1-2-9-17(16)18/h1-2,7,9,18,20-21H,3-6,8,10-15H2,(H,24,27)/t18-,20-,21+/m0/s1. The van der Waals surface area contributed by atoms with Crippen LogP contribution in [0.25, 0.3) is 0 Å². The largest absolute Gasteiger partial charge is 0.347 e. The number of hydrogen-bond acceptors (Lipinski definition) is 3. The van der Waals surface area contributed by atoms with Crippen LogP contribution in [0.15, 0.2) is 24.3 Å². The molecular weight excluding hydrogens is 368 g/mol. The molecule has 150 valence electrons. The van der Waals surface area contributed by atoms with Gasteiger partial charge in [0.25, 0.3) is 0 Å². The third kappa shape index (κ3) is 3.06. The maximum absolute atomic E-state index is 13.7. The van der Waals surface area contributed by atoms with E-state index >= 15 is 0 Å². The van der Waals surface area contributed by atoms with E-state index < -0.39 is 0 Å². The first-order chi connectivity index (χ1) is 13.7. The Hall–Kier alpha value is -1.49. The van der Waals surface area contributed by atoms with E-state index in [2.05, 4.69) is 29.6 Å². The summed E-state index contributed by atoms with van der Waals surface area (Å²) in [4.78, 5) is 28.7. The molecule has 2 heterocycles. The van der Waals surface area contributed by atoms with Gasteiger partial charge in [0, 0.05) is 11.8 Å². The number of carbonyl (C=O) groups excluding carboxylic acids is 2. The summed E-state index contributed by atoms with van der Waals surface area (Å²) in [5, 5.41) is 3.60.